The van der Waals surface area contributed by atoms with Crippen LogP contribution in [0.4, 0.5) is 14.5 Å². The van der Waals surface area contributed by atoms with Gasteiger partial charge in [-0.15, -0.1) is 0 Å². The van der Waals surface area contributed by atoms with Crippen molar-refractivity contribution in [2.45, 2.75) is 13.2 Å². The highest BCUT2D eigenvalue weighted by Gasteiger charge is 2.04. The second kappa shape index (κ2) is 7.99. The Labute approximate surface area is 150 Å². The first-order chi connectivity index (χ1) is 12.1. The van der Waals surface area contributed by atoms with Crippen molar-refractivity contribution in [1.29, 1.82) is 0 Å². The van der Waals surface area contributed by atoms with E-state index in [4.69, 9.17) is 16.3 Å². The average molecular weight is 360 g/mol. The number of hydrogen-bond acceptors (Lipinski definition) is 2. The van der Waals surface area contributed by atoms with Gasteiger partial charge in [0.2, 0.25) is 0 Å². The zero-order valence-corrected chi connectivity index (χ0v) is 14.1. The van der Waals surface area contributed by atoms with E-state index < -0.39 is 0 Å². The molecule has 0 radical (unpaired) electrons. The molecule has 0 aliphatic heterocycles. The van der Waals surface area contributed by atoms with Gasteiger partial charge in [0.25, 0.3) is 0 Å². The highest BCUT2D eigenvalue weighted by atomic mass is 35.5. The van der Waals surface area contributed by atoms with Crippen LogP contribution in [0.1, 0.15) is 11.1 Å². The zero-order chi connectivity index (χ0) is 17.6. The van der Waals surface area contributed by atoms with E-state index in [2.05, 4.69) is 5.32 Å². The van der Waals surface area contributed by atoms with E-state index >= 15 is 0 Å². The Morgan fingerprint density at radius 1 is 0.880 bits per heavy atom. The summed E-state index contributed by atoms with van der Waals surface area (Å²) < 4.78 is 31.7. The summed E-state index contributed by atoms with van der Waals surface area (Å²) in [5.41, 5.74) is 2.58. The predicted molar refractivity (Wildman–Crippen MR) is 95.9 cm³/mol. The topological polar surface area (TPSA) is 21.3 Å². The first-order valence-corrected chi connectivity index (χ1v) is 8.13. The SMILES string of the molecule is Fc1ccc(NCc2cccc(OCc3ccc(F)cc3Cl)c2)cc1. The third kappa shape index (κ3) is 4.94. The van der Waals surface area contributed by atoms with Gasteiger partial charge >= 0.3 is 0 Å². The normalized spacial score (nSPS) is 10.5. The number of rotatable bonds is 6. The van der Waals surface area contributed by atoms with Crippen molar-refractivity contribution in [3.05, 3.63) is 94.5 Å². The van der Waals surface area contributed by atoms with Crippen LogP contribution in [0.5, 0.6) is 5.75 Å². The van der Waals surface area contributed by atoms with Gasteiger partial charge in [-0.3, -0.25) is 0 Å². The van der Waals surface area contributed by atoms with Crippen LogP contribution in [-0.4, -0.2) is 0 Å². The lowest BCUT2D eigenvalue weighted by Crippen LogP contribution is -2.01. The number of ether oxygens (including phenoxy) is 1. The van der Waals surface area contributed by atoms with Crippen LogP contribution in [-0.2, 0) is 13.2 Å². The van der Waals surface area contributed by atoms with Gasteiger partial charge in [-0.05, 0) is 54.1 Å². The largest absolute Gasteiger partial charge is 0.489 e. The van der Waals surface area contributed by atoms with Crippen molar-refractivity contribution in [2.75, 3.05) is 5.32 Å². The van der Waals surface area contributed by atoms with Crippen molar-refractivity contribution in [3.8, 4) is 5.75 Å². The van der Waals surface area contributed by atoms with E-state index in [0.717, 1.165) is 16.8 Å². The van der Waals surface area contributed by atoms with Crippen LogP contribution < -0.4 is 10.1 Å². The van der Waals surface area contributed by atoms with Gasteiger partial charge in [0.15, 0.2) is 0 Å². The third-order valence-electron chi connectivity index (χ3n) is 3.65. The van der Waals surface area contributed by atoms with Crippen LogP contribution in [0.15, 0.2) is 66.7 Å². The van der Waals surface area contributed by atoms with Gasteiger partial charge in [-0.2, -0.15) is 0 Å². The molecule has 0 unspecified atom stereocenters. The van der Waals surface area contributed by atoms with Crippen LogP contribution in [0.3, 0.4) is 0 Å². The molecular weight excluding hydrogens is 344 g/mol. The van der Waals surface area contributed by atoms with Gasteiger partial charge in [-0.1, -0.05) is 29.8 Å². The van der Waals surface area contributed by atoms with Crippen molar-refractivity contribution < 1.29 is 13.5 Å². The summed E-state index contributed by atoms with van der Waals surface area (Å²) in [6, 6.07) is 18.0. The maximum Gasteiger partial charge on any atom is 0.124 e. The lowest BCUT2D eigenvalue weighted by molar-refractivity contribution is 0.306. The molecule has 0 spiro atoms. The van der Waals surface area contributed by atoms with Crippen LogP contribution in [0.25, 0.3) is 0 Å². The van der Waals surface area contributed by atoms with E-state index in [1.165, 1.54) is 24.3 Å². The smallest absolute Gasteiger partial charge is 0.124 e. The molecule has 3 rings (SSSR count). The van der Waals surface area contributed by atoms with E-state index in [1.54, 1.807) is 18.2 Å². The molecule has 128 valence electrons. The zero-order valence-electron chi connectivity index (χ0n) is 13.3. The summed E-state index contributed by atoms with van der Waals surface area (Å²) >= 11 is 6.00. The molecule has 0 saturated carbocycles. The molecule has 5 heteroatoms. The monoisotopic (exact) mass is 359 g/mol. The Kier molecular flexibility index (Phi) is 5.51. The number of hydrogen-bond donors (Lipinski definition) is 1. The second-order valence-electron chi connectivity index (χ2n) is 5.53. The first kappa shape index (κ1) is 17.2. The fraction of sp³-hybridized carbons (Fsp3) is 0.100. The Morgan fingerprint density at radius 2 is 1.64 bits per heavy atom. The molecule has 0 bridgehead atoms. The van der Waals surface area contributed by atoms with Crippen LogP contribution in [0, 0.1) is 11.6 Å². The average Bonchev–Trinajstić information content (AvgIpc) is 2.61. The molecule has 3 aromatic carbocycles. The molecule has 0 atom stereocenters. The fourth-order valence-corrected chi connectivity index (χ4v) is 2.54. The first-order valence-electron chi connectivity index (χ1n) is 7.75. The summed E-state index contributed by atoms with van der Waals surface area (Å²) in [5.74, 6) is 0.0572. The molecule has 0 aliphatic carbocycles. The summed E-state index contributed by atoms with van der Waals surface area (Å²) in [6.45, 7) is 0.841. The van der Waals surface area contributed by atoms with Gasteiger partial charge in [0, 0.05) is 17.8 Å². The molecule has 0 aliphatic rings. The second-order valence-corrected chi connectivity index (χ2v) is 5.94. The summed E-state index contributed by atoms with van der Waals surface area (Å²) in [5, 5.41) is 3.56. The van der Waals surface area contributed by atoms with E-state index in [9.17, 15) is 8.78 Å². The van der Waals surface area contributed by atoms with Gasteiger partial charge in [-0.25, -0.2) is 8.78 Å². The standard InChI is InChI=1S/C20H16ClF2NO/c21-20-11-17(23)5-4-15(20)13-25-19-3-1-2-14(10-19)12-24-18-8-6-16(22)7-9-18/h1-11,24H,12-13H2. The Balaban J connectivity index is 1.60. The molecule has 0 amide bonds. The molecule has 25 heavy (non-hydrogen) atoms. The summed E-state index contributed by atoms with van der Waals surface area (Å²) in [4.78, 5) is 0. The molecule has 0 heterocycles. The highest BCUT2D eigenvalue weighted by molar-refractivity contribution is 6.31. The molecule has 0 fully saturated rings. The van der Waals surface area contributed by atoms with Crippen LogP contribution >= 0.6 is 11.6 Å². The molecule has 3 aromatic rings. The van der Waals surface area contributed by atoms with Crippen LogP contribution in [0.2, 0.25) is 5.02 Å². The van der Waals surface area contributed by atoms with Gasteiger partial charge < -0.3 is 10.1 Å². The molecule has 0 aromatic heterocycles. The quantitative estimate of drug-likeness (QED) is 0.599. The maximum absolute atomic E-state index is 13.1. The van der Waals surface area contributed by atoms with E-state index in [1.807, 2.05) is 24.3 Å². The van der Waals surface area contributed by atoms with Gasteiger partial charge in [0.05, 0.1) is 5.02 Å². The van der Waals surface area contributed by atoms with Crippen molar-refractivity contribution in [2.24, 2.45) is 0 Å². The van der Waals surface area contributed by atoms with Gasteiger partial charge in [0.1, 0.15) is 24.0 Å². The van der Waals surface area contributed by atoms with Crippen molar-refractivity contribution in [1.82, 2.24) is 0 Å². The lowest BCUT2D eigenvalue weighted by Gasteiger charge is -2.10. The molecule has 0 saturated heterocycles. The Bertz CT molecular complexity index is 853. The lowest BCUT2D eigenvalue weighted by atomic mass is 10.2. The minimum Gasteiger partial charge on any atom is -0.489 e. The highest BCUT2D eigenvalue weighted by Crippen LogP contribution is 2.21. The van der Waals surface area contributed by atoms with Crippen molar-refractivity contribution in [3.63, 3.8) is 0 Å². The minimum atomic E-state index is -0.373. The summed E-state index contributed by atoms with van der Waals surface area (Å²) in [7, 11) is 0. The number of benzene rings is 3. The number of anilines is 1. The van der Waals surface area contributed by atoms with E-state index in [-0.39, 0.29) is 18.2 Å². The fourth-order valence-electron chi connectivity index (χ4n) is 2.32. The summed E-state index contributed by atoms with van der Waals surface area (Å²) in [6.07, 6.45) is 0. The predicted octanol–water partition coefficient (Wildman–Crippen LogP) is 5.81. The minimum absolute atomic E-state index is 0.258. The van der Waals surface area contributed by atoms with Crippen molar-refractivity contribution >= 4 is 17.3 Å². The Morgan fingerprint density at radius 3 is 2.40 bits per heavy atom. The number of nitrogens with one attached hydrogen (secondary N) is 1. The third-order valence-corrected chi connectivity index (χ3v) is 4.00. The molecule has 2 nitrogen and oxygen atoms in total. The molecular formula is C20H16ClF2NO. The Hall–Kier alpha value is -2.59. The van der Waals surface area contributed by atoms with E-state index in [0.29, 0.717) is 17.3 Å². The maximum atomic E-state index is 13.1. The number of halogens is 3. The molecule has 1 N–H and O–H groups in total.